The number of likely N-dealkylation sites (N-methyl/N-ethyl adjacent to an activating group) is 1. The van der Waals surface area contributed by atoms with Crippen molar-refractivity contribution in [1.82, 2.24) is 20.5 Å². The molecule has 1 atom stereocenters. The molecule has 0 saturated carbocycles. The molecule has 11 nitrogen and oxygen atoms in total. The molecule has 2 aromatic carbocycles. The summed E-state index contributed by atoms with van der Waals surface area (Å²) in [5, 5.41) is 9.41. The predicted octanol–water partition coefficient (Wildman–Crippen LogP) is 1.95. The third kappa shape index (κ3) is 6.09. The molecule has 0 bridgehead atoms. The summed E-state index contributed by atoms with van der Waals surface area (Å²) >= 11 is 0. The van der Waals surface area contributed by atoms with E-state index in [-0.39, 0.29) is 18.3 Å². The van der Waals surface area contributed by atoms with Gasteiger partial charge in [0.15, 0.2) is 0 Å². The summed E-state index contributed by atoms with van der Waals surface area (Å²) in [5.41, 5.74) is 1.71. The topological polar surface area (TPSA) is 136 Å². The van der Waals surface area contributed by atoms with E-state index in [0.717, 1.165) is 5.56 Å². The van der Waals surface area contributed by atoms with E-state index in [2.05, 4.69) is 30.0 Å². The van der Waals surface area contributed by atoms with Gasteiger partial charge in [-0.05, 0) is 17.7 Å². The first-order valence-electron chi connectivity index (χ1n) is 10.3. The maximum absolute atomic E-state index is 12.7. The van der Waals surface area contributed by atoms with Crippen molar-refractivity contribution in [3.05, 3.63) is 71.8 Å². The van der Waals surface area contributed by atoms with Gasteiger partial charge in [0, 0.05) is 13.5 Å². The first kappa shape index (κ1) is 24.2. The van der Waals surface area contributed by atoms with E-state index >= 15 is 0 Å². The number of ether oxygens (including phenoxy) is 3. The molecule has 1 aliphatic heterocycles. The first-order valence-corrected chi connectivity index (χ1v) is 10.3. The Labute approximate surface area is 196 Å². The van der Waals surface area contributed by atoms with E-state index in [1.807, 2.05) is 42.5 Å². The molecule has 0 fully saturated rings. The van der Waals surface area contributed by atoms with E-state index in [0.29, 0.717) is 23.7 Å². The van der Waals surface area contributed by atoms with Crippen molar-refractivity contribution >= 4 is 23.7 Å². The van der Waals surface area contributed by atoms with Crippen LogP contribution >= 0.6 is 0 Å². The number of carbonyl (C=O) groups excluding carboxylic acids is 3. The van der Waals surface area contributed by atoms with Crippen molar-refractivity contribution in [1.29, 1.82) is 0 Å². The Hall–Kier alpha value is -4.41. The monoisotopic (exact) mass is 467 g/mol. The van der Waals surface area contributed by atoms with Crippen LogP contribution in [0, 0.1) is 0 Å². The zero-order valence-corrected chi connectivity index (χ0v) is 19.0. The van der Waals surface area contributed by atoms with Gasteiger partial charge in [0.2, 0.25) is 5.82 Å². The number of rotatable bonds is 4. The minimum Gasteiger partial charge on any atom is -0.489 e. The molecule has 178 valence electrons. The number of aromatic amines is 1. The number of aromatic nitrogens is 3. The minimum absolute atomic E-state index is 0.0110. The standard InChI is InChI=1S/C20H19N5O3.C3H6O3/c1-25-15-9-5-6-10-16(15)28-12-14(20(25)27)21-19(26)18-22-17(23-24-18)11-13-7-3-2-4-8-13;1-5-3(4)6-2/h2-10,14H,11-12H2,1H3,(H,21,26)(H,22,23,24);1-2H3/t14-;/m0./s1. The number of amides is 2. The van der Waals surface area contributed by atoms with Crippen molar-refractivity contribution in [2.24, 2.45) is 0 Å². The Morgan fingerprint density at radius 3 is 2.47 bits per heavy atom. The number of nitrogens with zero attached hydrogens (tertiary/aromatic N) is 3. The Bertz CT molecular complexity index is 1130. The molecule has 3 aromatic rings. The second-order valence-corrected chi connectivity index (χ2v) is 7.13. The number of anilines is 1. The Morgan fingerprint density at radius 2 is 1.79 bits per heavy atom. The van der Waals surface area contributed by atoms with Gasteiger partial charge >= 0.3 is 6.16 Å². The summed E-state index contributed by atoms with van der Waals surface area (Å²) in [4.78, 5) is 40.7. The van der Waals surface area contributed by atoms with E-state index < -0.39 is 18.1 Å². The third-order valence-corrected chi connectivity index (χ3v) is 4.85. The number of methoxy groups -OCH3 is 2. The summed E-state index contributed by atoms with van der Waals surface area (Å²) in [6, 6.07) is 16.2. The van der Waals surface area contributed by atoms with Crippen molar-refractivity contribution in [3.63, 3.8) is 0 Å². The van der Waals surface area contributed by atoms with Crippen LogP contribution in [0.1, 0.15) is 22.0 Å². The van der Waals surface area contributed by atoms with Crippen LogP contribution in [0.3, 0.4) is 0 Å². The van der Waals surface area contributed by atoms with Gasteiger partial charge < -0.3 is 24.4 Å². The van der Waals surface area contributed by atoms with Crippen LogP contribution < -0.4 is 15.0 Å². The van der Waals surface area contributed by atoms with E-state index in [1.165, 1.54) is 19.1 Å². The SMILES string of the molecule is CN1C(=O)[C@@H](NC(=O)c2n[nH]c(Cc3ccccc3)n2)COc2ccccc21.COC(=O)OC. The van der Waals surface area contributed by atoms with Crippen LogP contribution in [-0.2, 0) is 20.7 Å². The lowest BCUT2D eigenvalue weighted by molar-refractivity contribution is -0.120. The average Bonchev–Trinajstić information content (AvgIpc) is 3.30. The van der Waals surface area contributed by atoms with Gasteiger partial charge in [0.05, 0.1) is 19.9 Å². The van der Waals surface area contributed by atoms with Crippen LogP contribution in [0.25, 0.3) is 0 Å². The van der Waals surface area contributed by atoms with Crippen molar-refractivity contribution in [2.45, 2.75) is 12.5 Å². The second-order valence-electron chi connectivity index (χ2n) is 7.13. The van der Waals surface area contributed by atoms with Gasteiger partial charge in [0.1, 0.15) is 24.2 Å². The molecule has 4 rings (SSSR count). The number of benzene rings is 2. The number of H-pyrrole nitrogens is 1. The lowest BCUT2D eigenvalue weighted by Crippen LogP contribution is -2.49. The highest BCUT2D eigenvalue weighted by Crippen LogP contribution is 2.29. The van der Waals surface area contributed by atoms with Gasteiger partial charge in [-0.25, -0.2) is 9.78 Å². The number of hydrogen-bond donors (Lipinski definition) is 2. The average molecular weight is 467 g/mol. The lowest BCUT2D eigenvalue weighted by Gasteiger charge is -2.19. The third-order valence-electron chi connectivity index (χ3n) is 4.85. The Balaban J connectivity index is 0.000000481. The zero-order chi connectivity index (χ0) is 24.5. The van der Waals surface area contributed by atoms with E-state index in [4.69, 9.17) is 4.74 Å². The lowest BCUT2D eigenvalue weighted by atomic mass is 10.1. The molecule has 0 radical (unpaired) electrons. The fraction of sp³-hybridized carbons (Fsp3) is 0.261. The molecule has 34 heavy (non-hydrogen) atoms. The first-order chi connectivity index (χ1) is 16.4. The van der Waals surface area contributed by atoms with Crippen molar-refractivity contribution in [2.75, 3.05) is 32.8 Å². The number of carbonyl (C=O) groups is 3. The van der Waals surface area contributed by atoms with Crippen molar-refractivity contribution in [3.8, 4) is 5.75 Å². The summed E-state index contributed by atoms with van der Waals surface area (Å²) < 4.78 is 13.8. The van der Waals surface area contributed by atoms with Gasteiger partial charge in [-0.1, -0.05) is 42.5 Å². The summed E-state index contributed by atoms with van der Waals surface area (Å²) in [7, 11) is 4.16. The molecule has 2 N–H and O–H groups in total. The molecule has 1 aromatic heterocycles. The van der Waals surface area contributed by atoms with Crippen molar-refractivity contribution < 1.29 is 28.6 Å². The molecule has 11 heteroatoms. The minimum atomic E-state index is -0.832. The van der Waals surface area contributed by atoms with E-state index in [1.54, 1.807) is 19.2 Å². The highest BCUT2D eigenvalue weighted by molar-refractivity contribution is 6.02. The Kier molecular flexibility index (Phi) is 8.16. The van der Waals surface area contributed by atoms with Gasteiger partial charge in [-0.3, -0.25) is 14.7 Å². The molecule has 0 unspecified atom stereocenters. The summed E-state index contributed by atoms with van der Waals surface area (Å²) in [6.07, 6.45) is -0.125. The van der Waals surface area contributed by atoms with Crippen LogP contribution in [0.4, 0.5) is 10.5 Å². The second kappa shape index (κ2) is 11.5. The molecule has 2 amide bonds. The summed E-state index contributed by atoms with van der Waals surface area (Å²) in [5.74, 6) is 0.362. The quantitative estimate of drug-likeness (QED) is 0.556. The molecule has 2 heterocycles. The molecule has 0 aliphatic carbocycles. The number of hydrogen-bond acceptors (Lipinski definition) is 8. The number of para-hydroxylation sites is 2. The molecular formula is C23H25N5O6. The fourth-order valence-electron chi connectivity index (χ4n) is 3.13. The smallest absolute Gasteiger partial charge is 0.489 e. The van der Waals surface area contributed by atoms with E-state index in [9.17, 15) is 14.4 Å². The maximum Gasteiger partial charge on any atom is 0.507 e. The van der Waals surface area contributed by atoms with Crippen LogP contribution in [0.2, 0.25) is 0 Å². The molecule has 0 saturated heterocycles. The highest BCUT2D eigenvalue weighted by Gasteiger charge is 2.31. The van der Waals surface area contributed by atoms with Crippen LogP contribution in [-0.4, -0.2) is 67.1 Å². The predicted molar refractivity (Wildman–Crippen MR) is 122 cm³/mol. The molecule has 1 aliphatic rings. The van der Waals surface area contributed by atoms with Gasteiger partial charge in [-0.2, -0.15) is 0 Å². The maximum atomic E-state index is 12.7. The zero-order valence-electron chi connectivity index (χ0n) is 19.0. The van der Waals surface area contributed by atoms with Gasteiger partial charge in [0.25, 0.3) is 11.8 Å². The fourth-order valence-corrected chi connectivity index (χ4v) is 3.13. The summed E-state index contributed by atoms with van der Waals surface area (Å²) in [6.45, 7) is 0.0349. The molecule has 0 spiro atoms. The Morgan fingerprint density at radius 1 is 1.12 bits per heavy atom. The largest absolute Gasteiger partial charge is 0.507 e. The number of fused-ring (bicyclic) bond motifs is 1. The van der Waals surface area contributed by atoms with Crippen LogP contribution in [0.5, 0.6) is 5.75 Å². The van der Waals surface area contributed by atoms with Crippen LogP contribution in [0.15, 0.2) is 54.6 Å². The van der Waals surface area contributed by atoms with Gasteiger partial charge in [-0.15, -0.1) is 5.10 Å². The normalized spacial score (nSPS) is 14.5. The highest BCUT2D eigenvalue weighted by atomic mass is 16.7. The number of nitrogens with one attached hydrogen (secondary N) is 2. The molecular weight excluding hydrogens is 442 g/mol.